The first-order valence-corrected chi connectivity index (χ1v) is 10.9. The van der Waals surface area contributed by atoms with E-state index in [-0.39, 0.29) is 28.7 Å². The Labute approximate surface area is 181 Å². The molecule has 3 rings (SSSR count). The number of hydrogen-bond donors (Lipinski definition) is 1. The average molecular weight is 443 g/mol. The third kappa shape index (κ3) is 4.92. The van der Waals surface area contributed by atoms with Gasteiger partial charge in [-0.05, 0) is 49.1 Å². The number of aliphatic hydroxyl groups is 1. The molecule has 1 aliphatic heterocycles. The first kappa shape index (κ1) is 21.7. The number of aliphatic imine (C=N–C) groups is 1. The minimum absolute atomic E-state index is 0.0211. The summed E-state index contributed by atoms with van der Waals surface area (Å²) in [5.74, 6) is -0.877. The van der Waals surface area contributed by atoms with Crippen LogP contribution in [0.3, 0.4) is 0 Å². The summed E-state index contributed by atoms with van der Waals surface area (Å²) in [5.41, 5.74) is 1.20. The molecule has 1 heterocycles. The number of benzene rings is 2. The van der Waals surface area contributed by atoms with Crippen molar-refractivity contribution in [1.82, 2.24) is 0 Å². The van der Waals surface area contributed by atoms with Gasteiger partial charge in [0.15, 0.2) is 0 Å². The number of non-ortho nitro benzene ring substituents is 1. The second kappa shape index (κ2) is 9.64. The van der Waals surface area contributed by atoms with E-state index in [1.807, 2.05) is 30.5 Å². The highest BCUT2D eigenvalue weighted by Gasteiger charge is 2.33. The quantitative estimate of drug-likeness (QED) is 0.272. The van der Waals surface area contributed by atoms with Gasteiger partial charge in [0, 0.05) is 17.0 Å². The van der Waals surface area contributed by atoms with Crippen molar-refractivity contribution in [1.29, 1.82) is 0 Å². The van der Waals surface area contributed by atoms with Crippen LogP contribution in [-0.4, -0.2) is 33.9 Å². The highest BCUT2D eigenvalue weighted by Crippen LogP contribution is 2.40. The molecule has 2 aromatic rings. The summed E-state index contributed by atoms with van der Waals surface area (Å²) < 4.78 is 5.07. The van der Waals surface area contributed by atoms with E-state index in [0.29, 0.717) is 10.6 Å². The highest BCUT2D eigenvalue weighted by molar-refractivity contribution is 8.18. The molecule has 2 aromatic carbocycles. The zero-order valence-electron chi connectivity index (χ0n) is 16.2. The maximum absolute atomic E-state index is 12.4. The van der Waals surface area contributed by atoms with Crippen LogP contribution in [0.4, 0.5) is 11.4 Å². The van der Waals surface area contributed by atoms with Gasteiger partial charge in [-0.1, -0.05) is 23.9 Å². The van der Waals surface area contributed by atoms with Crippen LogP contribution >= 0.6 is 23.5 Å². The summed E-state index contributed by atoms with van der Waals surface area (Å²) >= 11 is 2.77. The normalized spacial score (nSPS) is 16.3. The Kier molecular flexibility index (Phi) is 6.96. The molecule has 0 saturated carbocycles. The van der Waals surface area contributed by atoms with Crippen LogP contribution in [0.1, 0.15) is 12.5 Å². The smallest absolute Gasteiger partial charge is 0.344 e. The van der Waals surface area contributed by atoms with Crippen LogP contribution in [0.15, 0.2) is 74.7 Å². The first-order chi connectivity index (χ1) is 14.4. The van der Waals surface area contributed by atoms with Crippen LogP contribution in [-0.2, 0) is 9.53 Å². The molecule has 30 heavy (non-hydrogen) atoms. The highest BCUT2D eigenvalue weighted by atomic mass is 32.2. The van der Waals surface area contributed by atoms with Gasteiger partial charge in [-0.15, -0.1) is 11.8 Å². The lowest BCUT2D eigenvalue weighted by Crippen LogP contribution is -2.12. The monoisotopic (exact) mass is 442 g/mol. The van der Waals surface area contributed by atoms with Gasteiger partial charge < -0.3 is 9.84 Å². The number of nitro groups is 1. The van der Waals surface area contributed by atoms with Crippen molar-refractivity contribution in [2.75, 3.05) is 12.9 Å². The van der Waals surface area contributed by atoms with E-state index in [1.54, 1.807) is 24.8 Å². The Morgan fingerprint density at radius 3 is 2.47 bits per heavy atom. The standard InChI is InChI=1S/C21H18N2O5S2/c1-3-28-21(25)18-19(24)17(12-13-4-10-16(29-2)11-5-13)30-20(18)22-14-6-8-15(9-7-14)23(26)27/h4-12,24H,3H2,1-2H3/b17-12-,22-20?. The lowest BCUT2D eigenvalue weighted by atomic mass is 10.1. The van der Waals surface area contributed by atoms with Crippen molar-refractivity contribution in [3.8, 4) is 0 Å². The van der Waals surface area contributed by atoms with Crippen molar-refractivity contribution in [3.63, 3.8) is 0 Å². The van der Waals surface area contributed by atoms with Crippen LogP contribution in [0.5, 0.6) is 0 Å². The summed E-state index contributed by atoms with van der Waals surface area (Å²) in [5, 5.41) is 21.8. The molecule has 0 aromatic heterocycles. The van der Waals surface area contributed by atoms with Gasteiger partial charge in [0.2, 0.25) is 0 Å². The van der Waals surface area contributed by atoms with E-state index in [9.17, 15) is 20.0 Å². The van der Waals surface area contributed by atoms with Crippen LogP contribution in [0.25, 0.3) is 6.08 Å². The number of thioether (sulfide) groups is 2. The molecule has 0 fully saturated rings. The van der Waals surface area contributed by atoms with E-state index in [0.717, 1.165) is 22.2 Å². The van der Waals surface area contributed by atoms with Gasteiger partial charge in [0.25, 0.3) is 5.69 Å². The minimum atomic E-state index is -0.677. The number of esters is 1. The number of aliphatic hydroxyl groups excluding tert-OH is 1. The maximum Gasteiger partial charge on any atom is 0.344 e. The van der Waals surface area contributed by atoms with Crippen molar-refractivity contribution < 1.29 is 19.6 Å². The number of hydrogen-bond acceptors (Lipinski definition) is 8. The maximum atomic E-state index is 12.4. The minimum Gasteiger partial charge on any atom is -0.506 e. The van der Waals surface area contributed by atoms with Gasteiger partial charge in [-0.3, -0.25) is 10.1 Å². The summed E-state index contributed by atoms with van der Waals surface area (Å²) in [7, 11) is 0. The molecule has 0 bridgehead atoms. The number of ether oxygens (including phenoxy) is 1. The van der Waals surface area contributed by atoms with Crippen molar-refractivity contribution in [2.45, 2.75) is 11.8 Å². The van der Waals surface area contributed by atoms with Crippen molar-refractivity contribution >= 4 is 52.0 Å². The molecule has 1 aliphatic rings. The van der Waals surface area contributed by atoms with Gasteiger partial charge in [-0.2, -0.15) is 0 Å². The Balaban J connectivity index is 1.98. The van der Waals surface area contributed by atoms with E-state index in [4.69, 9.17) is 4.74 Å². The Bertz CT molecular complexity index is 1060. The SMILES string of the molecule is CCOC(=O)C1=C(O)/C(=C/c2ccc(SC)cc2)SC1=Nc1ccc([N+](=O)[O-])cc1. The molecular formula is C21H18N2O5S2. The zero-order chi connectivity index (χ0) is 21.7. The molecule has 0 saturated heterocycles. The Morgan fingerprint density at radius 2 is 1.90 bits per heavy atom. The summed E-state index contributed by atoms with van der Waals surface area (Å²) in [6.45, 7) is 1.83. The molecular weight excluding hydrogens is 424 g/mol. The summed E-state index contributed by atoms with van der Waals surface area (Å²) in [6, 6.07) is 13.4. The van der Waals surface area contributed by atoms with Crippen molar-refractivity contribution in [2.24, 2.45) is 4.99 Å². The van der Waals surface area contributed by atoms with E-state index in [1.165, 1.54) is 24.3 Å². The lowest BCUT2D eigenvalue weighted by Gasteiger charge is -2.03. The predicted octanol–water partition coefficient (Wildman–Crippen LogP) is 5.51. The summed E-state index contributed by atoms with van der Waals surface area (Å²) in [6.07, 6.45) is 3.75. The van der Waals surface area contributed by atoms with Gasteiger partial charge >= 0.3 is 5.97 Å². The fourth-order valence-electron chi connectivity index (χ4n) is 2.61. The fourth-order valence-corrected chi connectivity index (χ4v) is 4.05. The average Bonchev–Trinajstić information content (AvgIpc) is 3.04. The van der Waals surface area contributed by atoms with Crippen LogP contribution in [0, 0.1) is 10.1 Å². The van der Waals surface area contributed by atoms with Gasteiger partial charge in [0.1, 0.15) is 16.4 Å². The number of nitrogens with zero attached hydrogens (tertiary/aromatic N) is 2. The molecule has 0 atom stereocenters. The largest absolute Gasteiger partial charge is 0.506 e. The fraction of sp³-hybridized carbons (Fsp3) is 0.143. The Hall–Kier alpha value is -3.04. The second-order valence-electron chi connectivity index (χ2n) is 6.02. The van der Waals surface area contributed by atoms with E-state index < -0.39 is 10.9 Å². The third-order valence-corrected chi connectivity index (χ3v) is 5.84. The first-order valence-electron chi connectivity index (χ1n) is 8.90. The molecule has 0 aliphatic carbocycles. The second-order valence-corrected chi connectivity index (χ2v) is 7.93. The van der Waals surface area contributed by atoms with Gasteiger partial charge in [0.05, 0.1) is 22.1 Å². The molecule has 9 heteroatoms. The Morgan fingerprint density at radius 1 is 1.23 bits per heavy atom. The summed E-state index contributed by atoms with van der Waals surface area (Å²) in [4.78, 5) is 28.7. The van der Waals surface area contributed by atoms with E-state index in [2.05, 4.69) is 4.99 Å². The topological polar surface area (TPSA) is 102 Å². The van der Waals surface area contributed by atoms with Crippen LogP contribution < -0.4 is 0 Å². The number of rotatable bonds is 6. The molecule has 0 unspecified atom stereocenters. The number of carbonyl (C=O) groups is 1. The number of carbonyl (C=O) groups excluding carboxylic acids is 1. The van der Waals surface area contributed by atoms with Gasteiger partial charge in [-0.25, -0.2) is 9.79 Å². The molecule has 0 amide bonds. The predicted molar refractivity (Wildman–Crippen MR) is 120 cm³/mol. The molecule has 1 N–H and O–H groups in total. The zero-order valence-corrected chi connectivity index (χ0v) is 17.8. The molecule has 0 radical (unpaired) electrons. The van der Waals surface area contributed by atoms with Crippen LogP contribution in [0.2, 0.25) is 0 Å². The molecule has 154 valence electrons. The number of nitro benzene ring substituents is 1. The molecule has 7 nitrogen and oxygen atoms in total. The van der Waals surface area contributed by atoms with Crippen molar-refractivity contribution in [3.05, 3.63) is 80.4 Å². The third-order valence-electron chi connectivity index (χ3n) is 4.07. The molecule has 0 spiro atoms. The van der Waals surface area contributed by atoms with E-state index >= 15 is 0 Å². The lowest BCUT2D eigenvalue weighted by molar-refractivity contribution is -0.384.